The van der Waals surface area contributed by atoms with Gasteiger partial charge < -0.3 is 5.32 Å². The van der Waals surface area contributed by atoms with Crippen LogP contribution in [0.4, 0.5) is 0 Å². The molecule has 1 aromatic rings. The van der Waals surface area contributed by atoms with Crippen LogP contribution in [0.3, 0.4) is 0 Å². The number of nitrogens with zero attached hydrogens (tertiary/aromatic N) is 1. The fraction of sp³-hybridized carbons (Fsp3) is 0.533. The molecule has 1 saturated carbocycles. The van der Waals surface area contributed by atoms with Crippen molar-refractivity contribution in [1.82, 2.24) is 10.2 Å². The van der Waals surface area contributed by atoms with E-state index in [2.05, 4.69) is 5.32 Å². The van der Waals surface area contributed by atoms with E-state index in [0.29, 0.717) is 12.5 Å². The van der Waals surface area contributed by atoms with E-state index in [4.69, 9.17) is 11.6 Å². The second kappa shape index (κ2) is 7.34. The van der Waals surface area contributed by atoms with Crippen LogP contribution in [0.25, 0.3) is 0 Å². The van der Waals surface area contributed by atoms with Crippen molar-refractivity contribution in [2.45, 2.75) is 23.8 Å². The molecule has 0 heterocycles. The number of halogens is 1. The van der Waals surface area contributed by atoms with Gasteiger partial charge in [-0.05, 0) is 57.1 Å². The first-order chi connectivity index (χ1) is 9.58. The summed E-state index contributed by atoms with van der Waals surface area (Å²) in [7, 11) is 3.95. The summed E-state index contributed by atoms with van der Waals surface area (Å²) >= 11 is 7.57. The summed E-state index contributed by atoms with van der Waals surface area (Å²) in [6.45, 7) is 0.698. The molecule has 20 heavy (non-hydrogen) atoms. The molecule has 5 heteroatoms. The zero-order valence-electron chi connectivity index (χ0n) is 11.9. The molecule has 1 atom stereocenters. The lowest BCUT2D eigenvalue weighted by Crippen LogP contribution is -2.45. The van der Waals surface area contributed by atoms with Crippen LogP contribution in [0.2, 0.25) is 5.02 Å². The molecule has 2 rings (SSSR count). The van der Waals surface area contributed by atoms with E-state index in [0.717, 1.165) is 10.8 Å². The van der Waals surface area contributed by atoms with Crippen molar-refractivity contribution in [2.24, 2.45) is 5.92 Å². The van der Waals surface area contributed by atoms with Crippen molar-refractivity contribution >= 4 is 29.3 Å². The number of nitrogens with one attached hydrogen (secondary N) is 1. The van der Waals surface area contributed by atoms with Gasteiger partial charge in [-0.25, -0.2) is 0 Å². The molecule has 1 aliphatic rings. The van der Waals surface area contributed by atoms with E-state index in [-0.39, 0.29) is 11.9 Å². The van der Waals surface area contributed by atoms with Crippen molar-refractivity contribution < 1.29 is 4.79 Å². The maximum Gasteiger partial charge on any atom is 0.237 e. The van der Waals surface area contributed by atoms with Gasteiger partial charge in [0.05, 0.1) is 6.04 Å². The zero-order chi connectivity index (χ0) is 14.5. The molecule has 0 aliphatic heterocycles. The predicted octanol–water partition coefficient (Wildman–Crippen LogP) is 2.89. The van der Waals surface area contributed by atoms with Crippen LogP contribution >= 0.6 is 23.4 Å². The lowest BCUT2D eigenvalue weighted by molar-refractivity contribution is -0.126. The Labute approximate surface area is 130 Å². The number of hydrogen-bond donors (Lipinski definition) is 1. The highest BCUT2D eigenvalue weighted by molar-refractivity contribution is 7.99. The Hall–Kier alpha value is -0.710. The van der Waals surface area contributed by atoms with E-state index < -0.39 is 0 Å². The maximum absolute atomic E-state index is 12.1. The van der Waals surface area contributed by atoms with E-state index in [1.807, 2.05) is 43.3 Å². The number of likely N-dealkylation sites (N-methyl/N-ethyl adjacent to an activating group) is 1. The van der Waals surface area contributed by atoms with Gasteiger partial charge in [0.1, 0.15) is 0 Å². The third-order valence-electron chi connectivity index (χ3n) is 3.38. The van der Waals surface area contributed by atoms with Crippen molar-refractivity contribution in [3.05, 3.63) is 29.3 Å². The number of thioether (sulfide) groups is 1. The SMILES string of the molecule is CN(C)[C@H](C(=O)NCCSc1ccc(Cl)cc1)C1CC1. The molecule has 110 valence electrons. The fourth-order valence-corrected chi connectivity index (χ4v) is 3.16. The minimum Gasteiger partial charge on any atom is -0.354 e. The van der Waals surface area contributed by atoms with Crippen molar-refractivity contribution in [3.8, 4) is 0 Å². The summed E-state index contributed by atoms with van der Waals surface area (Å²) in [4.78, 5) is 15.3. The van der Waals surface area contributed by atoms with Gasteiger partial charge in [-0.15, -0.1) is 11.8 Å². The second-order valence-corrected chi connectivity index (χ2v) is 6.94. The van der Waals surface area contributed by atoms with Gasteiger partial charge in [-0.1, -0.05) is 11.6 Å². The first-order valence-corrected chi connectivity index (χ1v) is 8.27. The molecule has 0 aromatic heterocycles. The molecule has 0 spiro atoms. The largest absolute Gasteiger partial charge is 0.354 e. The predicted molar refractivity (Wildman–Crippen MR) is 85.4 cm³/mol. The zero-order valence-corrected chi connectivity index (χ0v) is 13.5. The number of benzene rings is 1. The lowest BCUT2D eigenvalue weighted by atomic mass is 10.1. The molecule has 1 N–H and O–H groups in total. The van der Waals surface area contributed by atoms with Gasteiger partial charge in [0, 0.05) is 22.2 Å². The van der Waals surface area contributed by atoms with Gasteiger partial charge in [0.2, 0.25) is 5.91 Å². The quantitative estimate of drug-likeness (QED) is 0.620. The van der Waals surface area contributed by atoms with Crippen LogP contribution in [0.5, 0.6) is 0 Å². The third kappa shape index (κ3) is 4.69. The maximum atomic E-state index is 12.1. The molecule has 0 bridgehead atoms. The van der Waals surface area contributed by atoms with Crippen LogP contribution < -0.4 is 5.32 Å². The summed E-state index contributed by atoms with van der Waals surface area (Å²) in [5.74, 6) is 1.58. The van der Waals surface area contributed by atoms with Crippen molar-refractivity contribution in [1.29, 1.82) is 0 Å². The van der Waals surface area contributed by atoms with Gasteiger partial charge in [0.15, 0.2) is 0 Å². The number of amides is 1. The average Bonchev–Trinajstić information content (AvgIpc) is 3.21. The minimum atomic E-state index is 0.0375. The van der Waals surface area contributed by atoms with Crippen LogP contribution in [-0.4, -0.2) is 43.2 Å². The summed E-state index contributed by atoms with van der Waals surface area (Å²) in [5, 5.41) is 3.79. The van der Waals surface area contributed by atoms with Gasteiger partial charge >= 0.3 is 0 Å². The molecule has 0 radical (unpaired) electrons. The fourth-order valence-electron chi connectivity index (χ4n) is 2.26. The molecule has 1 aliphatic carbocycles. The number of rotatable bonds is 7. The Bertz CT molecular complexity index is 444. The smallest absolute Gasteiger partial charge is 0.237 e. The molecular weight excluding hydrogens is 292 g/mol. The van der Waals surface area contributed by atoms with E-state index in [9.17, 15) is 4.79 Å². The Morgan fingerprint density at radius 1 is 1.40 bits per heavy atom. The Balaban J connectivity index is 1.69. The highest BCUT2D eigenvalue weighted by Crippen LogP contribution is 2.34. The normalized spacial score (nSPS) is 16.2. The van der Waals surface area contributed by atoms with Crippen molar-refractivity contribution in [2.75, 3.05) is 26.4 Å². The van der Waals surface area contributed by atoms with E-state index in [1.165, 1.54) is 17.7 Å². The summed E-state index contributed by atoms with van der Waals surface area (Å²) in [6.07, 6.45) is 2.35. The first-order valence-electron chi connectivity index (χ1n) is 6.90. The lowest BCUT2D eigenvalue weighted by Gasteiger charge is -2.23. The first kappa shape index (κ1) is 15.7. The molecule has 3 nitrogen and oxygen atoms in total. The molecule has 1 aromatic carbocycles. The number of carbonyl (C=O) groups excluding carboxylic acids is 1. The number of hydrogen-bond acceptors (Lipinski definition) is 3. The molecule has 1 amide bonds. The molecular formula is C15H21ClN2OS. The second-order valence-electron chi connectivity index (χ2n) is 5.34. The highest BCUT2D eigenvalue weighted by atomic mass is 35.5. The van der Waals surface area contributed by atoms with Gasteiger partial charge in [0.25, 0.3) is 0 Å². The van der Waals surface area contributed by atoms with Gasteiger partial charge in [-0.3, -0.25) is 9.69 Å². The van der Waals surface area contributed by atoms with Crippen LogP contribution in [0.15, 0.2) is 29.2 Å². The van der Waals surface area contributed by atoms with Crippen LogP contribution in [-0.2, 0) is 4.79 Å². The van der Waals surface area contributed by atoms with Crippen LogP contribution in [0, 0.1) is 5.92 Å². The molecule has 0 saturated heterocycles. The topological polar surface area (TPSA) is 32.3 Å². The number of carbonyl (C=O) groups is 1. The van der Waals surface area contributed by atoms with E-state index in [1.54, 1.807) is 11.8 Å². The van der Waals surface area contributed by atoms with Crippen LogP contribution in [0.1, 0.15) is 12.8 Å². The minimum absolute atomic E-state index is 0.0375. The highest BCUT2D eigenvalue weighted by Gasteiger charge is 2.37. The standard InChI is InChI=1S/C15H21ClN2OS/c1-18(2)14(11-3-4-11)15(19)17-9-10-20-13-7-5-12(16)6-8-13/h5-8,11,14H,3-4,9-10H2,1-2H3,(H,17,19)/t14-/m0/s1. The monoisotopic (exact) mass is 312 g/mol. The summed E-state index contributed by atoms with van der Waals surface area (Å²) < 4.78 is 0. The summed E-state index contributed by atoms with van der Waals surface area (Å²) in [6, 6.07) is 7.81. The van der Waals surface area contributed by atoms with Gasteiger partial charge in [-0.2, -0.15) is 0 Å². The third-order valence-corrected chi connectivity index (χ3v) is 4.64. The molecule has 0 unspecified atom stereocenters. The van der Waals surface area contributed by atoms with E-state index >= 15 is 0 Å². The Morgan fingerprint density at radius 2 is 2.05 bits per heavy atom. The van der Waals surface area contributed by atoms with Crippen molar-refractivity contribution in [3.63, 3.8) is 0 Å². The Morgan fingerprint density at radius 3 is 2.60 bits per heavy atom. The average molecular weight is 313 g/mol. The Kier molecular flexibility index (Phi) is 5.75. The summed E-state index contributed by atoms with van der Waals surface area (Å²) in [5.41, 5.74) is 0. The molecule has 1 fully saturated rings.